The van der Waals surface area contributed by atoms with Crippen LogP contribution in [-0.2, 0) is 7.05 Å². The van der Waals surface area contributed by atoms with Gasteiger partial charge in [-0.3, -0.25) is 4.68 Å². The van der Waals surface area contributed by atoms with Gasteiger partial charge in [-0.2, -0.15) is 5.10 Å². The number of aliphatic hydroxyl groups is 1. The number of hydrogen-bond donors (Lipinski definition) is 1. The predicted octanol–water partition coefficient (Wildman–Crippen LogP) is 3.43. The van der Waals surface area contributed by atoms with Gasteiger partial charge in [-0.05, 0) is 18.4 Å². The lowest BCUT2D eigenvalue weighted by molar-refractivity contribution is 0.137. The normalized spacial score (nSPS) is 13.4. The molecule has 2 aromatic rings. The SMILES string of the molecule is CCC(CC)CC(O)c1nn(C)c2ccccc12. The van der Waals surface area contributed by atoms with E-state index in [0.29, 0.717) is 5.92 Å². The van der Waals surface area contributed by atoms with Gasteiger partial charge in [0.2, 0.25) is 0 Å². The average molecular weight is 246 g/mol. The van der Waals surface area contributed by atoms with Crippen molar-refractivity contribution in [3.05, 3.63) is 30.0 Å². The summed E-state index contributed by atoms with van der Waals surface area (Å²) in [6, 6.07) is 8.07. The van der Waals surface area contributed by atoms with Crippen molar-refractivity contribution in [1.29, 1.82) is 0 Å². The third-order valence-electron chi connectivity index (χ3n) is 3.81. The molecule has 1 atom stereocenters. The van der Waals surface area contributed by atoms with Crippen LogP contribution in [0.1, 0.15) is 44.9 Å². The Morgan fingerprint density at radius 2 is 1.89 bits per heavy atom. The lowest BCUT2D eigenvalue weighted by Gasteiger charge is -2.16. The first-order valence-corrected chi connectivity index (χ1v) is 6.77. The van der Waals surface area contributed by atoms with E-state index in [4.69, 9.17) is 0 Å². The smallest absolute Gasteiger partial charge is 0.0988 e. The van der Waals surface area contributed by atoms with E-state index >= 15 is 0 Å². The summed E-state index contributed by atoms with van der Waals surface area (Å²) in [7, 11) is 1.93. The molecule has 1 aromatic heterocycles. The molecule has 2 rings (SSSR count). The summed E-state index contributed by atoms with van der Waals surface area (Å²) < 4.78 is 1.85. The third kappa shape index (κ3) is 2.41. The molecule has 3 nitrogen and oxygen atoms in total. The van der Waals surface area contributed by atoms with Gasteiger partial charge in [0.1, 0.15) is 0 Å². The maximum absolute atomic E-state index is 10.4. The van der Waals surface area contributed by atoms with Gasteiger partial charge in [-0.15, -0.1) is 0 Å². The number of aryl methyl sites for hydroxylation is 1. The van der Waals surface area contributed by atoms with Crippen molar-refractivity contribution >= 4 is 10.9 Å². The Morgan fingerprint density at radius 1 is 1.22 bits per heavy atom. The van der Waals surface area contributed by atoms with Gasteiger partial charge in [0.15, 0.2) is 0 Å². The Bertz CT molecular complexity index is 514. The Hall–Kier alpha value is -1.35. The molecule has 0 bridgehead atoms. The van der Waals surface area contributed by atoms with Crippen LogP contribution >= 0.6 is 0 Å². The van der Waals surface area contributed by atoms with E-state index in [0.717, 1.165) is 35.9 Å². The lowest BCUT2D eigenvalue weighted by Crippen LogP contribution is -2.07. The number of aromatic nitrogens is 2. The monoisotopic (exact) mass is 246 g/mol. The van der Waals surface area contributed by atoms with E-state index in [1.165, 1.54) is 0 Å². The molecule has 0 fully saturated rings. The van der Waals surface area contributed by atoms with E-state index < -0.39 is 6.10 Å². The maximum Gasteiger partial charge on any atom is 0.0988 e. The summed E-state index contributed by atoms with van der Waals surface area (Å²) in [6.07, 6.45) is 2.56. The molecule has 0 spiro atoms. The molecule has 0 saturated carbocycles. The van der Waals surface area contributed by atoms with Crippen LogP contribution in [0.5, 0.6) is 0 Å². The highest BCUT2D eigenvalue weighted by molar-refractivity contribution is 5.82. The van der Waals surface area contributed by atoms with Gasteiger partial charge in [0.05, 0.1) is 17.3 Å². The molecule has 1 N–H and O–H groups in total. The van der Waals surface area contributed by atoms with Crippen LogP contribution in [0.3, 0.4) is 0 Å². The maximum atomic E-state index is 10.4. The van der Waals surface area contributed by atoms with Crippen molar-refractivity contribution < 1.29 is 5.11 Å². The minimum absolute atomic E-state index is 0.457. The number of fused-ring (bicyclic) bond motifs is 1. The number of nitrogens with zero attached hydrogens (tertiary/aromatic N) is 2. The van der Waals surface area contributed by atoms with E-state index in [2.05, 4.69) is 18.9 Å². The molecule has 0 aliphatic rings. The summed E-state index contributed by atoms with van der Waals surface area (Å²) in [5, 5.41) is 15.9. The average Bonchev–Trinajstić information content (AvgIpc) is 2.74. The van der Waals surface area contributed by atoms with E-state index in [1.807, 2.05) is 36.0 Å². The van der Waals surface area contributed by atoms with Gasteiger partial charge in [0, 0.05) is 12.4 Å². The predicted molar refractivity (Wildman–Crippen MR) is 74.4 cm³/mol. The Labute approximate surface area is 108 Å². The fourth-order valence-electron chi connectivity index (χ4n) is 2.54. The number of aliphatic hydroxyl groups excluding tert-OH is 1. The van der Waals surface area contributed by atoms with Crippen LogP contribution in [0.4, 0.5) is 0 Å². The molecule has 1 aromatic carbocycles. The molecule has 3 heteroatoms. The zero-order valence-electron chi connectivity index (χ0n) is 11.4. The fraction of sp³-hybridized carbons (Fsp3) is 0.533. The van der Waals surface area contributed by atoms with Crippen molar-refractivity contribution in [2.24, 2.45) is 13.0 Å². The minimum atomic E-state index is -0.457. The van der Waals surface area contributed by atoms with Gasteiger partial charge in [-0.25, -0.2) is 0 Å². The molecule has 1 heterocycles. The number of hydrogen-bond acceptors (Lipinski definition) is 2. The molecule has 0 aliphatic heterocycles. The minimum Gasteiger partial charge on any atom is -0.387 e. The van der Waals surface area contributed by atoms with Crippen LogP contribution in [0, 0.1) is 5.92 Å². The number of rotatable bonds is 5. The molecule has 0 aliphatic carbocycles. The largest absolute Gasteiger partial charge is 0.387 e. The second kappa shape index (κ2) is 5.53. The summed E-state index contributed by atoms with van der Waals surface area (Å²) in [5.41, 5.74) is 1.90. The standard InChI is InChI=1S/C15H22N2O/c1-4-11(5-2)10-14(18)15-12-8-6-7-9-13(12)17(3)16-15/h6-9,11,14,18H,4-5,10H2,1-3H3. The molecule has 0 saturated heterocycles. The van der Waals surface area contributed by atoms with Crippen LogP contribution in [0.2, 0.25) is 0 Å². The molecule has 0 radical (unpaired) electrons. The molecule has 98 valence electrons. The summed E-state index contributed by atoms with van der Waals surface area (Å²) in [6.45, 7) is 4.36. The molecule has 0 amide bonds. The molecular formula is C15H22N2O. The molecule has 1 unspecified atom stereocenters. The van der Waals surface area contributed by atoms with Gasteiger partial charge >= 0.3 is 0 Å². The van der Waals surface area contributed by atoms with Gasteiger partial charge in [-0.1, -0.05) is 44.9 Å². The van der Waals surface area contributed by atoms with Crippen LogP contribution in [0.15, 0.2) is 24.3 Å². The van der Waals surface area contributed by atoms with Gasteiger partial charge in [0.25, 0.3) is 0 Å². The lowest BCUT2D eigenvalue weighted by atomic mass is 9.94. The first kappa shape index (κ1) is 13.1. The highest BCUT2D eigenvalue weighted by Gasteiger charge is 2.19. The summed E-state index contributed by atoms with van der Waals surface area (Å²) in [5.74, 6) is 0.570. The van der Waals surface area contributed by atoms with E-state index in [1.54, 1.807) is 0 Å². The van der Waals surface area contributed by atoms with Gasteiger partial charge < -0.3 is 5.11 Å². The first-order chi connectivity index (χ1) is 8.67. The topological polar surface area (TPSA) is 38.1 Å². The van der Waals surface area contributed by atoms with Crippen LogP contribution in [0.25, 0.3) is 10.9 Å². The van der Waals surface area contributed by atoms with Crippen LogP contribution < -0.4 is 0 Å². The zero-order valence-corrected chi connectivity index (χ0v) is 11.4. The second-order valence-electron chi connectivity index (χ2n) is 4.96. The van der Waals surface area contributed by atoms with Crippen molar-refractivity contribution in [2.45, 2.75) is 39.2 Å². The second-order valence-corrected chi connectivity index (χ2v) is 4.96. The summed E-state index contributed by atoms with van der Waals surface area (Å²) >= 11 is 0. The molecule has 18 heavy (non-hydrogen) atoms. The highest BCUT2D eigenvalue weighted by Crippen LogP contribution is 2.29. The van der Waals surface area contributed by atoms with E-state index in [-0.39, 0.29) is 0 Å². The number of para-hydroxylation sites is 1. The number of benzene rings is 1. The Morgan fingerprint density at radius 3 is 2.56 bits per heavy atom. The first-order valence-electron chi connectivity index (χ1n) is 6.77. The Balaban J connectivity index is 2.30. The van der Waals surface area contributed by atoms with Crippen molar-refractivity contribution in [1.82, 2.24) is 9.78 Å². The van der Waals surface area contributed by atoms with Crippen molar-refractivity contribution in [2.75, 3.05) is 0 Å². The summed E-state index contributed by atoms with van der Waals surface area (Å²) in [4.78, 5) is 0. The van der Waals surface area contributed by atoms with E-state index in [9.17, 15) is 5.11 Å². The van der Waals surface area contributed by atoms with Crippen molar-refractivity contribution in [3.8, 4) is 0 Å². The quantitative estimate of drug-likeness (QED) is 0.877. The zero-order chi connectivity index (χ0) is 13.1. The highest BCUT2D eigenvalue weighted by atomic mass is 16.3. The molecular weight excluding hydrogens is 224 g/mol. The Kier molecular flexibility index (Phi) is 4.02. The van der Waals surface area contributed by atoms with Crippen LogP contribution in [-0.4, -0.2) is 14.9 Å². The fourth-order valence-corrected chi connectivity index (χ4v) is 2.54. The van der Waals surface area contributed by atoms with Crippen molar-refractivity contribution in [3.63, 3.8) is 0 Å². The third-order valence-corrected chi connectivity index (χ3v) is 3.81.